The van der Waals surface area contributed by atoms with Crippen LogP contribution in [0, 0.1) is 0 Å². The maximum atomic E-state index is 12.9. The SMILES string of the molecule is CS(=O)(=O)c1ccc(S(=O)(=O)N2CCCN(c3ccc(C(F)(F)F)cn3)CC2)cc1. The van der Waals surface area contributed by atoms with Gasteiger partial charge in [-0.1, -0.05) is 0 Å². The summed E-state index contributed by atoms with van der Waals surface area (Å²) in [5, 5.41) is 0. The Morgan fingerprint density at radius 2 is 1.50 bits per heavy atom. The van der Waals surface area contributed by atoms with Crippen molar-refractivity contribution in [2.24, 2.45) is 0 Å². The Morgan fingerprint density at radius 3 is 2.03 bits per heavy atom. The minimum atomic E-state index is -4.47. The summed E-state index contributed by atoms with van der Waals surface area (Å²) < 4.78 is 88.3. The van der Waals surface area contributed by atoms with E-state index in [1.807, 2.05) is 0 Å². The van der Waals surface area contributed by atoms with Gasteiger partial charge in [-0.05, 0) is 42.8 Å². The topological polar surface area (TPSA) is 87.6 Å². The van der Waals surface area contributed by atoms with Crippen molar-refractivity contribution in [3.8, 4) is 0 Å². The Morgan fingerprint density at radius 1 is 0.867 bits per heavy atom. The van der Waals surface area contributed by atoms with E-state index in [1.54, 1.807) is 4.90 Å². The van der Waals surface area contributed by atoms with Crippen LogP contribution in [0.25, 0.3) is 0 Å². The van der Waals surface area contributed by atoms with E-state index in [9.17, 15) is 30.0 Å². The first-order valence-corrected chi connectivity index (χ1v) is 12.3. The highest BCUT2D eigenvalue weighted by atomic mass is 32.2. The van der Waals surface area contributed by atoms with E-state index in [0.717, 1.165) is 18.5 Å². The maximum Gasteiger partial charge on any atom is 0.417 e. The van der Waals surface area contributed by atoms with E-state index in [1.165, 1.54) is 34.6 Å². The van der Waals surface area contributed by atoms with Crippen LogP contribution in [0.3, 0.4) is 0 Å². The molecule has 0 radical (unpaired) electrons. The van der Waals surface area contributed by atoms with Gasteiger partial charge < -0.3 is 4.90 Å². The molecule has 0 amide bonds. The molecule has 1 aromatic heterocycles. The highest BCUT2D eigenvalue weighted by molar-refractivity contribution is 7.90. The number of sulfonamides is 1. The predicted octanol–water partition coefficient (Wildman–Crippen LogP) is 2.40. The highest BCUT2D eigenvalue weighted by Crippen LogP contribution is 2.29. The van der Waals surface area contributed by atoms with Gasteiger partial charge in [0.15, 0.2) is 9.84 Å². The van der Waals surface area contributed by atoms with Crippen LogP contribution in [0.5, 0.6) is 0 Å². The van der Waals surface area contributed by atoms with Crippen LogP contribution in [0.15, 0.2) is 52.4 Å². The van der Waals surface area contributed by atoms with Gasteiger partial charge in [0.2, 0.25) is 10.0 Å². The third kappa shape index (κ3) is 4.93. The van der Waals surface area contributed by atoms with Crippen molar-refractivity contribution in [2.75, 3.05) is 37.3 Å². The lowest BCUT2D eigenvalue weighted by Gasteiger charge is -2.23. The third-order valence-electron chi connectivity index (χ3n) is 4.74. The van der Waals surface area contributed by atoms with Gasteiger partial charge in [0.1, 0.15) is 5.82 Å². The second-order valence-electron chi connectivity index (χ2n) is 6.89. The molecule has 0 aliphatic carbocycles. The van der Waals surface area contributed by atoms with Gasteiger partial charge in [-0.15, -0.1) is 0 Å². The zero-order chi connectivity index (χ0) is 22.2. The first-order valence-electron chi connectivity index (χ1n) is 8.97. The molecule has 1 aliphatic rings. The van der Waals surface area contributed by atoms with Crippen LogP contribution in [0.1, 0.15) is 12.0 Å². The average Bonchev–Trinajstić information content (AvgIpc) is 2.94. The summed E-state index contributed by atoms with van der Waals surface area (Å²) in [6, 6.07) is 7.23. The fourth-order valence-electron chi connectivity index (χ4n) is 3.11. The third-order valence-corrected chi connectivity index (χ3v) is 7.79. The molecule has 30 heavy (non-hydrogen) atoms. The summed E-state index contributed by atoms with van der Waals surface area (Å²) in [5.41, 5.74) is -0.845. The Balaban J connectivity index is 1.74. The Kier molecular flexibility index (Phi) is 6.12. The van der Waals surface area contributed by atoms with E-state index >= 15 is 0 Å². The lowest BCUT2D eigenvalue weighted by atomic mass is 10.2. The highest BCUT2D eigenvalue weighted by Gasteiger charge is 2.31. The number of alkyl halides is 3. The number of anilines is 1. The zero-order valence-electron chi connectivity index (χ0n) is 16.0. The number of halogens is 3. The number of nitrogens with zero attached hydrogens (tertiary/aromatic N) is 3. The molecule has 0 N–H and O–H groups in total. The second-order valence-corrected chi connectivity index (χ2v) is 10.8. The minimum absolute atomic E-state index is 0.0176. The molecule has 0 unspecified atom stereocenters. The summed E-state index contributed by atoms with van der Waals surface area (Å²) in [6.45, 7) is 1.06. The van der Waals surface area contributed by atoms with Gasteiger partial charge in [0, 0.05) is 38.6 Å². The van der Waals surface area contributed by atoms with Crippen molar-refractivity contribution >= 4 is 25.7 Å². The van der Waals surface area contributed by atoms with E-state index in [0.29, 0.717) is 18.8 Å². The molecular weight excluding hydrogens is 443 g/mol. The fraction of sp³-hybridized carbons (Fsp3) is 0.389. The molecule has 7 nitrogen and oxygen atoms in total. The quantitative estimate of drug-likeness (QED) is 0.692. The molecular formula is C18H20F3N3O4S2. The molecule has 12 heteroatoms. The lowest BCUT2D eigenvalue weighted by molar-refractivity contribution is -0.137. The summed E-state index contributed by atoms with van der Waals surface area (Å²) >= 11 is 0. The molecule has 3 rings (SSSR count). The lowest BCUT2D eigenvalue weighted by Crippen LogP contribution is -2.35. The smallest absolute Gasteiger partial charge is 0.355 e. The number of hydrogen-bond acceptors (Lipinski definition) is 6. The second kappa shape index (κ2) is 8.16. The predicted molar refractivity (Wildman–Crippen MR) is 104 cm³/mol. The van der Waals surface area contributed by atoms with E-state index in [2.05, 4.69) is 4.98 Å². The van der Waals surface area contributed by atoms with Gasteiger partial charge in [-0.2, -0.15) is 17.5 Å². The average molecular weight is 464 g/mol. The van der Waals surface area contributed by atoms with E-state index in [-0.39, 0.29) is 29.4 Å². The van der Waals surface area contributed by atoms with Gasteiger partial charge in [0.25, 0.3) is 0 Å². The molecule has 0 atom stereocenters. The largest absolute Gasteiger partial charge is 0.417 e. The maximum absolute atomic E-state index is 12.9. The number of pyridine rings is 1. The Hall–Kier alpha value is -2.18. The van der Waals surface area contributed by atoms with Crippen LogP contribution in [-0.2, 0) is 26.0 Å². The Labute approximate surface area is 173 Å². The Bertz CT molecular complexity index is 1100. The zero-order valence-corrected chi connectivity index (χ0v) is 17.6. The number of aromatic nitrogens is 1. The molecule has 1 aromatic carbocycles. The molecule has 1 saturated heterocycles. The van der Waals surface area contributed by atoms with Crippen molar-refractivity contribution in [2.45, 2.75) is 22.4 Å². The number of sulfone groups is 1. The van der Waals surface area contributed by atoms with Gasteiger partial charge in [-0.25, -0.2) is 21.8 Å². The number of benzene rings is 1. The summed E-state index contributed by atoms with van der Waals surface area (Å²) in [7, 11) is -7.28. The van der Waals surface area contributed by atoms with E-state index < -0.39 is 31.6 Å². The van der Waals surface area contributed by atoms with Gasteiger partial charge in [0.05, 0.1) is 15.4 Å². The molecule has 164 valence electrons. The van der Waals surface area contributed by atoms with Crippen LogP contribution < -0.4 is 4.90 Å². The molecule has 1 aliphatic heterocycles. The van der Waals surface area contributed by atoms with Crippen LogP contribution in [0.4, 0.5) is 19.0 Å². The summed E-state index contributed by atoms with van der Waals surface area (Å²) in [4.78, 5) is 5.62. The van der Waals surface area contributed by atoms with Gasteiger partial charge in [-0.3, -0.25) is 0 Å². The molecule has 0 saturated carbocycles. The molecule has 2 aromatic rings. The van der Waals surface area contributed by atoms with Crippen molar-refractivity contribution in [1.82, 2.24) is 9.29 Å². The van der Waals surface area contributed by atoms with Crippen LogP contribution >= 0.6 is 0 Å². The molecule has 1 fully saturated rings. The van der Waals surface area contributed by atoms with E-state index in [4.69, 9.17) is 0 Å². The first-order chi connectivity index (χ1) is 13.9. The summed E-state index contributed by atoms with van der Waals surface area (Å²) in [5.74, 6) is 0.347. The standard InChI is InChI=1S/C18H20F3N3O4S2/c1-29(25,26)15-4-6-16(7-5-15)30(27,28)24-10-2-9-23(11-12-24)17-8-3-14(13-22-17)18(19,20)21/h3-8,13H,2,9-12H2,1H3. The van der Waals surface area contributed by atoms with Crippen molar-refractivity contribution in [3.05, 3.63) is 48.2 Å². The van der Waals surface area contributed by atoms with Crippen molar-refractivity contribution in [1.29, 1.82) is 0 Å². The monoisotopic (exact) mass is 463 g/mol. The molecule has 2 heterocycles. The van der Waals surface area contributed by atoms with Crippen LogP contribution in [-0.4, -0.2) is 58.6 Å². The van der Waals surface area contributed by atoms with Crippen molar-refractivity contribution < 1.29 is 30.0 Å². The number of rotatable bonds is 4. The molecule has 0 bridgehead atoms. The summed E-state index contributed by atoms with van der Waals surface area (Å²) in [6.07, 6.45) is -2.21. The fourth-order valence-corrected chi connectivity index (χ4v) is 5.21. The first kappa shape index (κ1) is 22.5. The number of hydrogen-bond donors (Lipinski definition) is 0. The normalized spacial score (nSPS) is 17.0. The van der Waals surface area contributed by atoms with Gasteiger partial charge >= 0.3 is 6.18 Å². The van der Waals surface area contributed by atoms with Crippen molar-refractivity contribution in [3.63, 3.8) is 0 Å². The minimum Gasteiger partial charge on any atom is -0.355 e. The molecule has 0 spiro atoms. The van der Waals surface area contributed by atoms with Crippen LogP contribution in [0.2, 0.25) is 0 Å².